The van der Waals surface area contributed by atoms with Gasteiger partial charge in [0.2, 0.25) is 0 Å². The first-order valence-electron chi connectivity index (χ1n) is 2.68. The van der Waals surface area contributed by atoms with Gasteiger partial charge in [0, 0.05) is 12.4 Å². The van der Waals surface area contributed by atoms with E-state index in [1.165, 1.54) is 18.3 Å². The van der Waals surface area contributed by atoms with Crippen molar-refractivity contribution in [1.82, 2.24) is 4.98 Å². The van der Waals surface area contributed by atoms with Crippen molar-refractivity contribution in [2.45, 2.75) is 0 Å². The molecule has 0 saturated carbocycles. The summed E-state index contributed by atoms with van der Waals surface area (Å²) in [6, 6.07) is 3.27. The van der Waals surface area contributed by atoms with Crippen LogP contribution < -0.4 is 0 Å². The van der Waals surface area contributed by atoms with Crippen molar-refractivity contribution in [3.8, 4) is 0 Å². The van der Waals surface area contributed by atoms with Crippen LogP contribution in [0.15, 0.2) is 30.5 Å². The van der Waals surface area contributed by atoms with Gasteiger partial charge in [-0.15, -0.1) is 0 Å². The second-order valence-electron chi connectivity index (χ2n) is 0.885. The SMILES string of the molecule is [2H]c1ccnc([2H])c1. The predicted octanol–water partition coefficient (Wildman–Crippen LogP) is 1.08. The monoisotopic (exact) mass is 81.1 g/mol. The van der Waals surface area contributed by atoms with Crippen LogP contribution in [-0.4, -0.2) is 4.98 Å². The minimum Gasteiger partial charge on any atom is -0.265 e. The first-order valence-corrected chi connectivity index (χ1v) is 1.68. The minimum absolute atomic E-state index is 0.150. The Kier molecular flexibility index (Phi) is 0.449. The molecule has 0 spiro atoms. The van der Waals surface area contributed by atoms with Crippen molar-refractivity contribution in [3.05, 3.63) is 30.5 Å². The molecule has 6 heavy (non-hydrogen) atoms. The number of aromatic nitrogens is 1. The van der Waals surface area contributed by atoms with Crippen LogP contribution in [-0.2, 0) is 0 Å². The highest BCUT2D eigenvalue weighted by atomic mass is 14.6. The van der Waals surface area contributed by atoms with Gasteiger partial charge in [-0.1, -0.05) is 6.04 Å². The Morgan fingerprint density at radius 2 is 2.50 bits per heavy atom. The molecule has 1 aromatic heterocycles. The van der Waals surface area contributed by atoms with Gasteiger partial charge in [0.15, 0.2) is 0 Å². The van der Waals surface area contributed by atoms with E-state index in [9.17, 15) is 0 Å². The van der Waals surface area contributed by atoms with Crippen LogP contribution in [0.1, 0.15) is 2.74 Å². The molecule has 0 saturated heterocycles. The Morgan fingerprint density at radius 1 is 1.50 bits per heavy atom. The number of pyridine rings is 1. The molecular weight excluding hydrogens is 74.1 g/mol. The van der Waals surface area contributed by atoms with Gasteiger partial charge < -0.3 is 0 Å². The largest absolute Gasteiger partial charge is 0.265 e. The van der Waals surface area contributed by atoms with Crippen molar-refractivity contribution >= 4 is 0 Å². The van der Waals surface area contributed by atoms with Gasteiger partial charge in [0.05, 0.1) is 2.74 Å². The maximum absolute atomic E-state index is 6.98. The zero-order chi connectivity index (χ0) is 5.98. The molecule has 1 heterocycles. The predicted molar refractivity (Wildman–Crippen MR) is 24.2 cm³/mol. The maximum Gasteiger partial charge on any atom is 0.0840 e. The van der Waals surface area contributed by atoms with E-state index in [1.54, 1.807) is 0 Å². The fraction of sp³-hybridized carbons (Fsp3) is 0. The highest BCUT2D eigenvalue weighted by molar-refractivity contribution is 4.88. The molecule has 1 nitrogen and oxygen atoms in total. The van der Waals surface area contributed by atoms with E-state index in [0.717, 1.165) is 0 Å². The standard InChI is InChI=1S/C5H5N/c1-2-4-6-5-3-1/h1-5H/i1D,4D. The molecule has 0 fully saturated rings. The van der Waals surface area contributed by atoms with Gasteiger partial charge in [0.25, 0.3) is 0 Å². The Hall–Kier alpha value is -0.850. The van der Waals surface area contributed by atoms with E-state index >= 15 is 0 Å². The lowest BCUT2D eigenvalue weighted by Crippen LogP contribution is -1.58. The molecule has 0 aliphatic carbocycles. The second-order valence-corrected chi connectivity index (χ2v) is 0.885. The molecule has 0 aliphatic heterocycles. The molecule has 0 unspecified atom stereocenters. The average molecular weight is 81.1 g/mol. The third-order valence-corrected chi connectivity index (χ3v) is 0.468. The van der Waals surface area contributed by atoms with Crippen LogP contribution in [0.4, 0.5) is 0 Å². The fourth-order valence-corrected chi connectivity index (χ4v) is 0.246. The smallest absolute Gasteiger partial charge is 0.0840 e. The quantitative estimate of drug-likeness (QED) is 0.455. The van der Waals surface area contributed by atoms with Gasteiger partial charge in [-0.05, 0) is 12.1 Å². The first-order chi connectivity index (χ1) is 3.79. The zero-order valence-electron chi connectivity index (χ0n) is 5.18. The van der Waals surface area contributed by atoms with Crippen molar-refractivity contribution in [1.29, 1.82) is 0 Å². The topological polar surface area (TPSA) is 12.9 Å². The molecule has 30 valence electrons. The molecule has 1 rings (SSSR count). The van der Waals surface area contributed by atoms with Gasteiger partial charge in [-0.2, -0.15) is 0 Å². The summed E-state index contributed by atoms with van der Waals surface area (Å²) < 4.78 is 13.9. The third kappa shape index (κ3) is 0.549. The van der Waals surface area contributed by atoms with Crippen LogP contribution in [0.25, 0.3) is 0 Å². The molecule has 0 amide bonds. The summed E-state index contributed by atoms with van der Waals surface area (Å²) in [7, 11) is 0. The molecule has 1 aromatic rings. The average Bonchev–Trinajstić information content (AvgIpc) is 1.64. The third-order valence-electron chi connectivity index (χ3n) is 0.468. The molecule has 0 radical (unpaired) electrons. The number of rotatable bonds is 0. The molecule has 0 aliphatic rings. The summed E-state index contributed by atoms with van der Waals surface area (Å²) in [6.45, 7) is 0. The lowest BCUT2D eigenvalue weighted by atomic mass is 10.5. The van der Waals surface area contributed by atoms with Crippen LogP contribution in [0.5, 0.6) is 0 Å². The van der Waals surface area contributed by atoms with E-state index in [2.05, 4.69) is 4.98 Å². The van der Waals surface area contributed by atoms with Gasteiger partial charge in [0.1, 0.15) is 0 Å². The zero-order valence-corrected chi connectivity index (χ0v) is 3.18. The number of hydrogen-bond donors (Lipinski definition) is 0. The van der Waals surface area contributed by atoms with Crippen LogP contribution >= 0.6 is 0 Å². The minimum atomic E-state index is 0.150. The second kappa shape index (κ2) is 1.55. The van der Waals surface area contributed by atoms with Crippen molar-refractivity contribution in [3.63, 3.8) is 0 Å². The van der Waals surface area contributed by atoms with E-state index in [1.807, 2.05) is 0 Å². The van der Waals surface area contributed by atoms with Gasteiger partial charge >= 0.3 is 0 Å². The Balaban J connectivity index is 3.08. The Morgan fingerprint density at radius 3 is 3.00 bits per heavy atom. The summed E-state index contributed by atoms with van der Waals surface area (Å²) in [5, 5.41) is 0. The fourth-order valence-electron chi connectivity index (χ4n) is 0.246. The maximum atomic E-state index is 6.98. The Bertz CT molecular complexity index is 170. The first kappa shape index (κ1) is 1.73. The summed E-state index contributed by atoms with van der Waals surface area (Å²) >= 11 is 0. The number of nitrogens with zero attached hydrogens (tertiary/aromatic N) is 1. The van der Waals surface area contributed by atoms with E-state index in [0.29, 0.717) is 6.04 Å². The normalized spacial score (nSPS) is 12.7. The molecule has 0 bridgehead atoms. The van der Waals surface area contributed by atoms with Crippen molar-refractivity contribution in [2.75, 3.05) is 0 Å². The van der Waals surface area contributed by atoms with E-state index in [-0.39, 0.29) is 6.17 Å². The van der Waals surface area contributed by atoms with Crippen molar-refractivity contribution < 1.29 is 2.74 Å². The highest BCUT2D eigenvalue weighted by Crippen LogP contribution is 1.73. The summed E-state index contributed by atoms with van der Waals surface area (Å²) in [4.78, 5) is 3.59. The molecule has 0 aromatic carbocycles. The summed E-state index contributed by atoms with van der Waals surface area (Å²) in [6.07, 6.45) is 1.60. The summed E-state index contributed by atoms with van der Waals surface area (Å²) in [5.41, 5.74) is 0. The van der Waals surface area contributed by atoms with E-state index < -0.39 is 0 Å². The van der Waals surface area contributed by atoms with Crippen LogP contribution in [0.2, 0.25) is 0 Å². The van der Waals surface area contributed by atoms with Crippen LogP contribution in [0, 0.1) is 0 Å². The molecule has 1 heteroatoms. The summed E-state index contributed by atoms with van der Waals surface area (Å²) in [5.74, 6) is 0. The number of hydrogen-bond acceptors (Lipinski definition) is 1. The lowest BCUT2D eigenvalue weighted by molar-refractivity contribution is 1.33. The van der Waals surface area contributed by atoms with E-state index in [4.69, 9.17) is 2.74 Å². The van der Waals surface area contributed by atoms with Crippen molar-refractivity contribution in [2.24, 2.45) is 0 Å². The Labute approximate surface area is 39.5 Å². The highest BCUT2D eigenvalue weighted by Gasteiger charge is 1.58. The van der Waals surface area contributed by atoms with Gasteiger partial charge in [-0.3, -0.25) is 4.98 Å². The molecule has 0 N–H and O–H groups in total. The lowest BCUT2D eigenvalue weighted by Gasteiger charge is -1.70. The molecule has 0 atom stereocenters. The molecular formula is C5H5N. The van der Waals surface area contributed by atoms with Gasteiger partial charge in [-0.25, -0.2) is 0 Å². The van der Waals surface area contributed by atoms with Crippen LogP contribution in [0.3, 0.4) is 0 Å².